The van der Waals surface area contributed by atoms with Crippen molar-refractivity contribution in [2.45, 2.75) is 44.8 Å². The molecule has 23 heavy (non-hydrogen) atoms. The molecule has 0 spiro atoms. The molecule has 1 N–H and O–H groups in total. The molecule has 0 saturated carbocycles. The summed E-state index contributed by atoms with van der Waals surface area (Å²) in [5.74, 6) is -0.265. The maximum Gasteiger partial charge on any atom is 0.264 e. The second-order valence-corrected chi connectivity index (χ2v) is 8.41. The summed E-state index contributed by atoms with van der Waals surface area (Å²) in [6.07, 6.45) is 4.47. The van der Waals surface area contributed by atoms with Gasteiger partial charge in [0.2, 0.25) is 5.91 Å². The predicted molar refractivity (Wildman–Crippen MR) is 94.8 cm³/mol. The molecule has 0 aliphatic carbocycles. The van der Waals surface area contributed by atoms with Crippen LogP contribution in [0.2, 0.25) is 0 Å². The quantitative estimate of drug-likeness (QED) is 0.762. The fourth-order valence-electron chi connectivity index (χ4n) is 2.61. The number of nitrogens with zero attached hydrogens (tertiary/aromatic N) is 1. The van der Waals surface area contributed by atoms with Gasteiger partial charge in [0, 0.05) is 19.7 Å². The van der Waals surface area contributed by atoms with Gasteiger partial charge >= 0.3 is 0 Å². The van der Waals surface area contributed by atoms with Crippen LogP contribution in [0.25, 0.3) is 0 Å². The van der Waals surface area contributed by atoms with E-state index in [0.717, 1.165) is 36.1 Å². The van der Waals surface area contributed by atoms with Crippen molar-refractivity contribution in [1.29, 1.82) is 0 Å². The van der Waals surface area contributed by atoms with Crippen molar-refractivity contribution in [3.8, 4) is 0 Å². The van der Waals surface area contributed by atoms with Crippen LogP contribution in [-0.4, -0.2) is 49.1 Å². The van der Waals surface area contributed by atoms with Gasteiger partial charge in [0.05, 0.1) is 21.3 Å². The Labute approximate surface area is 149 Å². The Bertz CT molecular complexity index is 543. The SMILES string of the molecule is CC(CCC1CCCO1)NC(=O)CN(C)C(=O)c1ccc(Br)s1. The maximum atomic E-state index is 12.2. The van der Waals surface area contributed by atoms with Gasteiger partial charge in [-0.15, -0.1) is 11.3 Å². The highest BCUT2D eigenvalue weighted by molar-refractivity contribution is 9.11. The summed E-state index contributed by atoms with van der Waals surface area (Å²) in [5, 5.41) is 2.95. The molecule has 7 heteroatoms. The lowest BCUT2D eigenvalue weighted by molar-refractivity contribution is -0.122. The number of hydrogen-bond donors (Lipinski definition) is 1. The van der Waals surface area contributed by atoms with Crippen LogP contribution in [0.3, 0.4) is 0 Å². The van der Waals surface area contributed by atoms with Crippen LogP contribution in [0, 0.1) is 0 Å². The average Bonchev–Trinajstić information content (AvgIpc) is 3.15. The summed E-state index contributed by atoms with van der Waals surface area (Å²) >= 11 is 4.70. The number of amides is 2. The number of thiophene rings is 1. The number of ether oxygens (including phenoxy) is 1. The number of hydrogen-bond acceptors (Lipinski definition) is 4. The summed E-state index contributed by atoms with van der Waals surface area (Å²) in [6, 6.07) is 3.68. The highest BCUT2D eigenvalue weighted by atomic mass is 79.9. The Morgan fingerprint density at radius 3 is 2.91 bits per heavy atom. The van der Waals surface area contributed by atoms with Gasteiger partial charge in [-0.2, -0.15) is 0 Å². The first-order valence-corrected chi connectivity index (χ1v) is 9.48. The molecule has 2 rings (SSSR count). The molecule has 0 aromatic carbocycles. The van der Waals surface area contributed by atoms with Gasteiger partial charge in [-0.1, -0.05) is 0 Å². The minimum atomic E-state index is -0.136. The van der Waals surface area contributed by atoms with E-state index in [1.165, 1.54) is 16.2 Å². The third kappa shape index (κ3) is 5.90. The normalized spacial score (nSPS) is 18.7. The molecule has 1 aliphatic heterocycles. The fourth-order valence-corrected chi connectivity index (χ4v) is 3.99. The molecule has 1 aromatic rings. The van der Waals surface area contributed by atoms with E-state index in [0.29, 0.717) is 11.0 Å². The first-order valence-electron chi connectivity index (χ1n) is 7.87. The number of carbonyl (C=O) groups is 2. The van der Waals surface area contributed by atoms with Crippen molar-refractivity contribution >= 4 is 39.1 Å². The molecule has 1 saturated heterocycles. The van der Waals surface area contributed by atoms with Gasteiger partial charge < -0.3 is 15.0 Å². The van der Waals surface area contributed by atoms with Gasteiger partial charge in [-0.25, -0.2) is 0 Å². The van der Waals surface area contributed by atoms with Crippen molar-refractivity contribution in [1.82, 2.24) is 10.2 Å². The smallest absolute Gasteiger partial charge is 0.264 e. The Kier molecular flexibility index (Phi) is 7.05. The maximum absolute atomic E-state index is 12.2. The molecule has 1 aliphatic rings. The largest absolute Gasteiger partial charge is 0.378 e. The van der Waals surface area contributed by atoms with Crippen LogP contribution >= 0.6 is 27.3 Å². The monoisotopic (exact) mass is 402 g/mol. The lowest BCUT2D eigenvalue weighted by atomic mass is 10.1. The summed E-state index contributed by atoms with van der Waals surface area (Å²) in [7, 11) is 1.65. The van der Waals surface area contributed by atoms with Gasteiger partial charge in [0.1, 0.15) is 0 Å². The molecular weight excluding hydrogens is 380 g/mol. The van der Waals surface area contributed by atoms with Crippen molar-refractivity contribution in [3.05, 3.63) is 20.8 Å². The number of halogens is 1. The van der Waals surface area contributed by atoms with Crippen molar-refractivity contribution in [2.75, 3.05) is 20.2 Å². The van der Waals surface area contributed by atoms with E-state index in [2.05, 4.69) is 21.2 Å². The zero-order valence-electron chi connectivity index (χ0n) is 13.5. The first kappa shape index (κ1) is 18.4. The molecule has 1 fully saturated rings. The lowest BCUT2D eigenvalue weighted by Gasteiger charge is -2.19. The van der Waals surface area contributed by atoms with Gasteiger partial charge in [0.15, 0.2) is 0 Å². The highest BCUT2D eigenvalue weighted by Gasteiger charge is 2.19. The molecule has 2 heterocycles. The Morgan fingerprint density at radius 1 is 1.52 bits per heavy atom. The first-order chi connectivity index (χ1) is 11.0. The van der Waals surface area contributed by atoms with E-state index in [1.807, 2.05) is 13.0 Å². The van der Waals surface area contributed by atoms with Gasteiger partial charge in [0.25, 0.3) is 5.91 Å². The van der Waals surface area contributed by atoms with E-state index in [-0.39, 0.29) is 24.4 Å². The molecule has 1 aromatic heterocycles. The third-order valence-corrected chi connectivity index (χ3v) is 5.48. The molecule has 2 amide bonds. The summed E-state index contributed by atoms with van der Waals surface area (Å²) in [6.45, 7) is 2.92. The summed E-state index contributed by atoms with van der Waals surface area (Å²) < 4.78 is 6.49. The fraction of sp³-hybridized carbons (Fsp3) is 0.625. The van der Waals surface area contributed by atoms with E-state index in [4.69, 9.17) is 4.74 Å². The minimum absolute atomic E-state index is 0.0681. The number of nitrogens with one attached hydrogen (secondary N) is 1. The molecule has 5 nitrogen and oxygen atoms in total. The zero-order chi connectivity index (χ0) is 16.8. The second kappa shape index (κ2) is 8.80. The van der Waals surface area contributed by atoms with Crippen LogP contribution in [0.4, 0.5) is 0 Å². The number of rotatable bonds is 7. The predicted octanol–water partition coefficient (Wildman–Crippen LogP) is 3.05. The molecule has 2 unspecified atom stereocenters. The Balaban J connectivity index is 1.71. The standard InChI is InChI=1S/C16H23BrN2O3S/c1-11(5-6-12-4-3-9-22-12)18-15(20)10-19(2)16(21)13-7-8-14(17)23-13/h7-8,11-12H,3-6,9-10H2,1-2H3,(H,18,20). The number of likely N-dealkylation sites (N-methyl/N-ethyl adjacent to an activating group) is 1. The van der Waals surface area contributed by atoms with Crippen LogP contribution in [-0.2, 0) is 9.53 Å². The summed E-state index contributed by atoms with van der Waals surface area (Å²) in [5.41, 5.74) is 0. The molecular formula is C16H23BrN2O3S. The number of carbonyl (C=O) groups excluding carboxylic acids is 2. The third-order valence-electron chi connectivity index (χ3n) is 3.86. The molecule has 2 atom stereocenters. The van der Waals surface area contributed by atoms with Crippen LogP contribution in [0.1, 0.15) is 42.3 Å². The van der Waals surface area contributed by atoms with Gasteiger partial charge in [-0.05, 0) is 60.7 Å². The topological polar surface area (TPSA) is 58.6 Å². The lowest BCUT2D eigenvalue weighted by Crippen LogP contribution is -2.41. The van der Waals surface area contributed by atoms with Crippen molar-refractivity contribution < 1.29 is 14.3 Å². The van der Waals surface area contributed by atoms with E-state index in [9.17, 15) is 9.59 Å². The molecule has 0 bridgehead atoms. The van der Waals surface area contributed by atoms with Crippen molar-refractivity contribution in [3.63, 3.8) is 0 Å². The second-order valence-electron chi connectivity index (χ2n) is 5.95. The van der Waals surface area contributed by atoms with Crippen molar-refractivity contribution in [2.24, 2.45) is 0 Å². The van der Waals surface area contributed by atoms with Crippen LogP contribution in [0.15, 0.2) is 15.9 Å². The van der Waals surface area contributed by atoms with Crippen LogP contribution < -0.4 is 5.32 Å². The average molecular weight is 403 g/mol. The Hall–Kier alpha value is -0.920. The van der Waals surface area contributed by atoms with E-state index in [1.54, 1.807) is 13.1 Å². The van der Waals surface area contributed by atoms with E-state index >= 15 is 0 Å². The van der Waals surface area contributed by atoms with Crippen LogP contribution in [0.5, 0.6) is 0 Å². The van der Waals surface area contributed by atoms with Gasteiger partial charge in [-0.3, -0.25) is 9.59 Å². The highest BCUT2D eigenvalue weighted by Crippen LogP contribution is 2.23. The summed E-state index contributed by atoms with van der Waals surface area (Å²) in [4.78, 5) is 26.3. The zero-order valence-corrected chi connectivity index (χ0v) is 15.9. The minimum Gasteiger partial charge on any atom is -0.378 e. The Morgan fingerprint density at radius 2 is 2.30 bits per heavy atom. The molecule has 128 valence electrons. The van der Waals surface area contributed by atoms with E-state index < -0.39 is 0 Å². The molecule has 0 radical (unpaired) electrons.